The third-order valence-electron chi connectivity index (χ3n) is 3.53. The van der Waals surface area contributed by atoms with E-state index in [1.807, 2.05) is 6.92 Å². The summed E-state index contributed by atoms with van der Waals surface area (Å²) in [7, 11) is 0. The van der Waals surface area contributed by atoms with Crippen LogP contribution in [0.25, 0.3) is 5.65 Å². The SMILES string of the molecule is CCOc1nc(C)nn2c([C@@H]3O[C@H](CO)[C@@H](O)[C@H]3F)cnc12. The van der Waals surface area contributed by atoms with Crippen molar-refractivity contribution in [1.29, 1.82) is 0 Å². The molecule has 0 radical (unpaired) electrons. The minimum absolute atomic E-state index is 0.300. The highest BCUT2D eigenvalue weighted by Gasteiger charge is 2.46. The van der Waals surface area contributed by atoms with Crippen molar-refractivity contribution in [2.75, 3.05) is 13.2 Å². The Balaban J connectivity index is 2.05. The van der Waals surface area contributed by atoms with Gasteiger partial charge in [0, 0.05) is 0 Å². The molecule has 0 unspecified atom stereocenters. The van der Waals surface area contributed by atoms with Crippen molar-refractivity contribution in [3.8, 4) is 5.88 Å². The van der Waals surface area contributed by atoms with E-state index in [9.17, 15) is 9.50 Å². The first-order chi connectivity index (χ1) is 10.6. The molecule has 0 aromatic carbocycles. The predicted molar refractivity (Wildman–Crippen MR) is 72.3 cm³/mol. The Morgan fingerprint density at radius 2 is 2.27 bits per heavy atom. The summed E-state index contributed by atoms with van der Waals surface area (Å²) in [5.41, 5.74) is 0.684. The lowest BCUT2D eigenvalue weighted by Gasteiger charge is -2.12. The molecule has 1 aliphatic rings. The second-order valence-corrected chi connectivity index (χ2v) is 5.03. The summed E-state index contributed by atoms with van der Waals surface area (Å²) in [4.78, 5) is 8.31. The minimum Gasteiger partial charge on any atom is -0.475 e. The van der Waals surface area contributed by atoms with Crippen molar-refractivity contribution in [2.24, 2.45) is 0 Å². The number of halogens is 1. The average molecular weight is 312 g/mol. The smallest absolute Gasteiger partial charge is 0.261 e. The zero-order chi connectivity index (χ0) is 15.9. The molecule has 3 heterocycles. The lowest BCUT2D eigenvalue weighted by atomic mass is 10.1. The third-order valence-corrected chi connectivity index (χ3v) is 3.53. The fourth-order valence-electron chi connectivity index (χ4n) is 2.51. The number of hydrogen-bond acceptors (Lipinski definition) is 7. The molecule has 0 aliphatic carbocycles. The number of aliphatic hydroxyl groups excluding tert-OH is 2. The molecule has 22 heavy (non-hydrogen) atoms. The fraction of sp³-hybridized carbons (Fsp3) is 0.615. The molecule has 0 amide bonds. The lowest BCUT2D eigenvalue weighted by molar-refractivity contribution is -0.0241. The highest BCUT2D eigenvalue weighted by molar-refractivity contribution is 5.49. The van der Waals surface area contributed by atoms with E-state index < -0.39 is 31.1 Å². The Morgan fingerprint density at radius 1 is 1.50 bits per heavy atom. The maximum absolute atomic E-state index is 14.3. The van der Waals surface area contributed by atoms with Crippen molar-refractivity contribution in [3.05, 3.63) is 17.7 Å². The largest absolute Gasteiger partial charge is 0.475 e. The molecule has 0 bridgehead atoms. The summed E-state index contributed by atoms with van der Waals surface area (Å²) < 4.78 is 26.5. The summed E-state index contributed by atoms with van der Waals surface area (Å²) in [6, 6.07) is 0. The van der Waals surface area contributed by atoms with Gasteiger partial charge in [-0.15, -0.1) is 0 Å². The van der Waals surface area contributed by atoms with Crippen LogP contribution in [0.5, 0.6) is 5.88 Å². The van der Waals surface area contributed by atoms with Gasteiger partial charge in [-0.3, -0.25) is 0 Å². The van der Waals surface area contributed by atoms with Gasteiger partial charge in [0.15, 0.2) is 6.17 Å². The first kappa shape index (κ1) is 15.1. The quantitative estimate of drug-likeness (QED) is 0.817. The Bertz CT molecular complexity index is 679. The second kappa shape index (κ2) is 5.75. The van der Waals surface area contributed by atoms with Gasteiger partial charge in [-0.1, -0.05) is 0 Å². The normalized spacial score (nSPS) is 28.4. The highest BCUT2D eigenvalue weighted by Crippen LogP contribution is 2.36. The van der Waals surface area contributed by atoms with Crippen LogP contribution in [0.2, 0.25) is 0 Å². The van der Waals surface area contributed by atoms with E-state index in [0.717, 1.165) is 0 Å². The maximum atomic E-state index is 14.3. The molecule has 3 rings (SSSR count). The first-order valence-corrected chi connectivity index (χ1v) is 7.00. The van der Waals surface area contributed by atoms with E-state index in [0.29, 0.717) is 29.7 Å². The van der Waals surface area contributed by atoms with E-state index in [2.05, 4.69) is 15.1 Å². The molecule has 2 N–H and O–H groups in total. The van der Waals surface area contributed by atoms with Gasteiger partial charge >= 0.3 is 0 Å². The van der Waals surface area contributed by atoms with E-state index in [-0.39, 0.29) is 0 Å². The van der Waals surface area contributed by atoms with Crippen LogP contribution in [0.1, 0.15) is 24.5 Å². The van der Waals surface area contributed by atoms with E-state index in [1.54, 1.807) is 6.92 Å². The Hall–Kier alpha value is -1.84. The van der Waals surface area contributed by atoms with Crippen molar-refractivity contribution < 1.29 is 24.1 Å². The molecule has 2 aromatic rings. The van der Waals surface area contributed by atoms with Gasteiger partial charge < -0.3 is 19.7 Å². The Labute approximate surface area is 125 Å². The van der Waals surface area contributed by atoms with Crippen LogP contribution in [0.3, 0.4) is 0 Å². The molecule has 1 fully saturated rings. The summed E-state index contributed by atoms with van der Waals surface area (Å²) in [6.07, 6.45) is -3.70. The zero-order valence-corrected chi connectivity index (χ0v) is 12.2. The molecule has 4 atom stereocenters. The van der Waals surface area contributed by atoms with Gasteiger partial charge in [-0.05, 0) is 13.8 Å². The van der Waals surface area contributed by atoms with E-state index in [1.165, 1.54) is 10.7 Å². The van der Waals surface area contributed by atoms with Gasteiger partial charge in [0.1, 0.15) is 24.1 Å². The predicted octanol–water partition coefficient (Wildman–Crippen LogP) is -0.0374. The number of aryl methyl sites for hydroxylation is 1. The van der Waals surface area contributed by atoms with Crippen LogP contribution in [0.4, 0.5) is 4.39 Å². The number of imidazole rings is 1. The third kappa shape index (κ3) is 2.31. The number of aromatic nitrogens is 4. The molecular formula is C13H17FN4O4. The summed E-state index contributed by atoms with van der Waals surface area (Å²) in [6.45, 7) is 3.44. The summed E-state index contributed by atoms with van der Waals surface area (Å²) >= 11 is 0. The van der Waals surface area contributed by atoms with Crippen LogP contribution in [-0.2, 0) is 4.74 Å². The molecule has 1 aliphatic heterocycles. The standard InChI is InChI=1S/C13H17FN4O4/c1-3-21-13-12-15-4-7(18(12)17-6(2)16-13)11-9(14)10(20)8(5-19)22-11/h4,8-11,19-20H,3,5H2,1-2H3/t8-,9-,10-,11+/m1/s1. The van der Waals surface area contributed by atoms with Crippen molar-refractivity contribution >= 4 is 5.65 Å². The van der Waals surface area contributed by atoms with Gasteiger partial charge in [-0.25, -0.2) is 13.9 Å². The molecule has 2 aromatic heterocycles. The molecule has 9 heteroatoms. The van der Waals surface area contributed by atoms with Gasteiger partial charge in [-0.2, -0.15) is 10.1 Å². The van der Waals surface area contributed by atoms with Gasteiger partial charge in [0.25, 0.3) is 5.88 Å². The number of nitrogens with zero attached hydrogens (tertiary/aromatic N) is 4. The molecule has 8 nitrogen and oxygen atoms in total. The van der Waals surface area contributed by atoms with Crippen LogP contribution >= 0.6 is 0 Å². The molecule has 0 spiro atoms. The maximum Gasteiger partial charge on any atom is 0.261 e. The first-order valence-electron chi connectivity index (χ1n) is 7.00. The molecular weight excluding hydrogens is 295 g/mol. The number of aliphatic hydroxyl groups is 2. The monoisotopic (exact) mass is 312 g/mol. The number of hydrogen-bond donors (Lipinski definition) is 2. The van der Waals surface area contributed by atoms with Crippen LogP contribution in [-0.4, -0.2) is 61.4 Å². The second-order valence-electron chi connectivity index (χ2n) is 5.03. The molecule has 1 saturated heterocycles. The van der Waals surface area contributed by atoms with Crippen LogP contribution < -0.4 is 4.74 Å². The minimum atomic E-state index is -1.68. The topological polar surface area (TPSA) is 102 Å². The summed E-state index contributed by atoms with van der Waals surface area (Å²) in [5.74, 6) is 0.733. The van der Waals surface area contributed by atoms with Crippen molar-refractivity contribution in [3.63, 3.8) is 0 Å². The summed E-state index contributed by atoms with van der Waals surface area (Å²) in [5, 5.41) is 23.1. The lowest BCUT2D eigenvalue weighted by Crippen LogP contribution is -2.30. The van der Waals surface area contributed by atoms with Crippen LogP contribution in [0.15, 0.2) is 6.20 Å². The van der Waals surface area contributed by atoms with E-state index in [4.69, 9.17) is 14.6 Å². The fourth-order valence-corrected chi connectivity index (χ4v) is 2.51. The molecule has 120 valence electrons. The average Bonchev–Trinajstić information content (AvgIpc) is 3.02. The van der Waals surface area contributed by atoms with Gasteiger partial charge in [0.2, 0.25) is 5.65 Å². The van der Waals surface area contributed by atoms with Crippen molar-refractivity contribution in [2.45, 2.75) is 38.3 Å². The zero-order valence-electron chi connectivity index (χ0n) is 12.2. The Morgan fingerprint density at radius 3 is 2.91 bits per heavy atom. The number of rotatable bonds is 4. The number of alkyl halides is 1. The highest BCUT2D eigenvalue weighted by atomic mass is 19.1. The van der Waals surface area contributed by atoms with E-state index >= 15 is 0 Å². The Kier molecular flexibility index (Phi) is 3.94. The van der Waals surface area contributed by atoms with Crippen molar-refractivity contribution in [1.82, 2.24) is 19.6 Å². The number of fused-ring (bicyclic) bond motifs is 1. The number of ether oxygens (including phenoxy) is 2. The van der Waals surface area contributed by atoms with Gasteiger partial charge in [0.05, 0.1) is 25.1 Å². The molecule has 0 saturated carbocycles. The van der Waals surface area contributed by atoms with Crippen LogP contribution in [0, 0.1) is 6.92 Å².